The molecule has 0 radical (unpaired) electrons. The summed E-state index contributed by atoms with van der Waals surface area (Å²) >= 11 is 5.64. The van der Waals surface area contributed by atoms with Gasteiger partial charge in [0.25, 0.3) is 0 Å². The third-order valence-corrected chi connectivity index (χ3v) is 2.17. The molecule has 0 aliphatic rings. The lowest BCUT2D eigenvalue weighted by Crippen LogP contribution is -2.06. The van der Waals surface area contributed by atoms with Crippen molar-refractivity contribution >= 4 is 17.4 Å². The Balaban J connectivity index is 3.33. The van der Waals surface area contributed by atoms with Crippen LogP contribution < -0.4 is 0 Å². The SMILES string of the molecule is Cc1ccc(F)c(C(=O)CF)c1Cl. The second-order valence-corrected chi connectivity index (χ2v) is 2.99. The first-order chi connectivity index (χ1) is 6.07. The third kappa shape index (κ3) is 1.86. The van der Waals surface area contributed by atoms with Crippen molar-refractivity contribution in [1.29, 1.82) is 0 Å². The van der Waals surface area contributed by atoms with Crippen LogP contribution in [-0.2, 0) is 0 Å². The lowest BCUT2D eigenvalue weighted by Gasteiger charge is -2.04. The number of halogens is 3. The molecule has 0 atom stereocenters. The second kappa shape index (κ2) is 3.83. The molecule has 0 saturated carbocycles. The van der Waals surface area contributed by atoms with Gasteiger partial charge in [0.1, 0.15) is 5.82 Å². The number of aryl methyl sites for hydroxylation is 1. The highest BCUT2D eigenvalue weighted by atomic mass is 35.5. The van der Waals surface area contributed by atoms with E-state index in [0.717, 1.165) is 6.07 Å². The number of ketones is 1. The predicted octanol–water partition coefficient (Wildman–Crippen LogP) is 2.94. The average molecular weight is 205 g/mol. The minimum absolute atomic E-state index is 0.0114. The molecule has 0 unspecified atom stereocenters. The third-order valence-electron chi connectivity index (χ3n) is 1.68. The molecule has 0 aliphatic carbocycles. The Morgan fingerprint density at radius 2 is 2.15 bits per heavy atom. The quantitative estimate of drug-likeness (QED) is 0.677. The van der Waals surface area contributed by atoms with E-state index in [1.54, 1.807) is 6.92 Å². The molecule has 0 amide bonds. The number of hydrogen-bond donors (Lipinski definition) is 0. The lowest BCUT2D eigenvalue weighted by molar-refractivity contribution is 0.0955. The van der Waals surface area contributed by atoms with Gasteiger partial charge in [0.15, 0.2) is 12.5 Å². The van der Waals surface area contributed by atoms with Crippen molar-refractivity contribution < 1.29 is 13.6 Å². The van der Waals surface area contributed by atoms with Crippen molar-refractivity contribution in [2.75, 3.05) is 6.67 Å². The summed E-state index contributed by atoms with van der Waals surface area (Å²) in [5.74, 6) is -1.70. The number of hydrogen-bond acceptors (Lipinski definition) is 1. The van der Waals surface area contributed by atoms with Crippen LogP contribution in [0.2, 0.25) is 5.02 Å². The summed E-state index contributed by atoms with van der Waals surface area (Å²) in [4.78, 5) is 10.9. The first kappa shape index (κ1) is 10.1. The summed E-state index contributed by atoms with van der Waals surface area (Å²) in [5.41, 5.74) is 0.198. The van der Waals surface area contributed by atoms with E-state index in [4.69, 9.17) is 11.6 Å². The van der Waals surface area contributed by atoms with Crippen LogP contribution in [0, 0.1) is 12.7 Å². The van der Waals surface area contributed by atoms with Gasteiger partial charge in [-0.15, -0.1) is 0 Å². The van der Waals surface area contributed by atoms with Crippen LogP contribution in [0.3, 0.4) is 0 Å². The molecule has 0 fully saturated rings. The second-order valence-electron chi connectivity index (χ2n) is 2.61. The van der Waals surface area contributed by atoms with Crippen molar-refractivity contribution in [3.63, 3.8) is 0 Å². The van der Waals surface area contributed by atoms with Crippen molar-refractivity contribution in [2.24, 2.45) is 0 Å². The molecule has 70 valence electrons. The highest BCUT2D eigenvalue weighted by Gasteiger charge is 2.16. The van der Waals surface area contributed by atoms with Crippen LogP contribution in [0.15, 0.2) is 12.1 Å². The van der Waals surface area contributed by atoms with Gasteiger partial charge in [-0.2, -0.15) is 0 Å². The summed E-state index contributed by atoms with van der Waals surface area (Å²) in [6, 6.07) is 2.54. The van der Waals surface area contributed by atoms with Gasteiger partial charge in [0.05, 0.1) is 10.6 Å². The van der Waals surface area contributed by atoms with Gasteiger partial charge in [-0.1, -0.05) is 17.7 Å². The van der Waals surface area contributed by atoms with Crippen LogP contribution in [0.1, 0.15) is 15.9 Å². The maximum atomic E-state index is 13.0. The van der Waals surface area contributed by atoms with Gasteiger partial charge in [0, 0.05) is 0 Å². The van der Waals surface area contributed by atoms with Crippen molar-refractivity contribution in [3.8, 4) is 0 Å². The number of carbonyl (C=O) groups is 1. The molecule has 1 nitrogen and oxygen atoms in total. The number of carbonyl (C=O) groups excluding carboxylic acids is 1. The molecule has 4 heteroatoms. The number of Topliss-reactive ketones (excluding diaryl/α,β-unsaturated/α-hetero) is 1. The summed E-state index contributed by atoms with van der Waals surface area (Å²) in [6.45, 7) is 0.386. The average Bonchev–Trinajstić information content (AvgIpc) is 2.12. The summed E-state index contributed by atoms with van der Waals surface area (Å²) in [7, 11) is 0. The molecule has 0 aliphatic heterocycles. The molecule has 1 aromatic carbocycles. The monoisotopic (exact) mass is 204 g/mol. The van der Waals surface area contributed by atoms with Crippen molar-refractivity contribution in [1.82, 2.24) is 0 Å². The van der Waals surface area contributed by atoms with Crippen LogP contribution >= 0.6 is 11.6 Å². The highest BCUT2D eigenvalue weighted by molar-refractivity contribution is 6.34. The Morgan fingerprint density at radius 3 is 2.69 bits per heavy atom. The molecule has 0 heterocycles. The Hall–Kier alpha value is -0.960. The Labute approximate surface area is 79.3 Å². The standard InChI is InChI=1S/C9H7ClF2O/c1-5-2-3-6(12)8(9(5)10)7(13)4-11/h2-3H,4H2,1H3. The zero-order valence-electron chi connectivity index (χ0n) is 6.90. The van der Waals surface area contributed by atoms with E-state index in [9.17, 15) is 13.6 Å². The Morgan fingerprint density at radius 1 is 1.54 bits per heavy atom. The first-order valence-corrected chi connectivity index (χ1v) is 3.99. The van der Waals surface area contributed by atoms with E-state index in [1.165, 1.54) is 6.07 Å². The lowest BCUT2D eigenvalue weighted by atomic mass is 10.1. The van der Waals surface area contributed by atoms with Crippen molar-refractivity contribution in [3.05, 3.63) is 34.1 Å². The van der Waals surface area contributed by atoms with E-state index in [-0.39, 0.29) is 10.6 Å². The molecule has 1 aromatic rings. The fourth-order valence-electron chi connectivity index (χ4n) is 0.979. The summed E-state index contributed by atoms with van der Waals surface area (Å²) < 4.78 is 25.0. The van der Waals surface area contributed by atoms with Crippen LogP contribution in [0.4, 0.5) is 8.78 Å². The summed E-state index contributed by atoms with van der Waals surface area (Å²) in [5, 5.41) is -0.0114. The Bertz CT molecular complexity index is 350. The van der Waals surface area contributed by atoms with E-state index in [0.29, 0.717) is 5.56 Å². The van der Waals surface area contributed by atoms with Crippen LogP contribution in [0.25, 0.3) is 0 Å². The molecule has 0 aromatic heterocycles. The largest absolute Gasteiger partial charge is 0.291 e. The fourth-order valence-corrected chi connectivity index (χ4v) is 1.24. The van der Waals surface area contributed by atoms with E-state index in [2.05, 4.69) is 0 Å². The van der Waals surface area contributed by atoms with Gasteiger partial charge in [0.2, 0.25) is 0 Å². The minimum Gasteiger partial charge on any atom is -0.291 e. The fraction of sp³-hybridized carbons (Fsp3) is 0.222. The van der Waals surface area contributed by atoms with Gasteiger partial charge in [-0.3, -0.25) is 4.79 Å². The minimum atomic E-state index is -1.24. The molecule has 13 heavy (non-hydrogen) atoms. The number of alkyl halides is 1. The molecule has 0 N–H and O–H groups in total. The van der Waals surface area contributed by atoms with Gasteiger partial charge >= 0.3 is 0 Å². The van der Waals surface area contributed by atoms with Crippen LogP contribution in [-0.4, -0.2) is 12.5 Å². The maximum absolute atomic E-state index is 13.0. The molecular weight excluding hydrogens is 198 g/mol. The zero-order chi connectivity index (χ0) is 10.0. The van der Waals surface area contributed by atoms with Crippen molar-refractivity contribution in [2.45, 2.75) is 6.92 Å². The first-order valence-electron chi connectivity index (χ1n) is 3.61. The maximum Gasteiger partial charge on any atom is 0.198 e. The number of benzene rings is 1. The highest BCUT2D eigenvalue weighted by Crippen LogP contribution is 2.23. The predicted molar refractivity (Wildman–Crippen MR) is 46.5 cm³/mol. The van der Waals surface area contributed by atoms with Gasteiger partial charge in [-0.05, 0) is 18.6 Å². The van der Waals surface area contributed by atoms with E-state index in [1.807, 2.05) is 0 Å². The molecule has 0 spiro atoms. The summed E-state index contributed by atoms with van der Waals surface area (Å²) in [6.07, 6.45) is 0. The smallest absolute Gasteiger partial charge is 0.198 e. The molecule has 1 rings (SSSR count). The topological polar surface area (TPSA) is 17.1 Å². The Kier molecular flexibility index (Phi) is 2.98. The van der Waals surface area contributed by atoms with Crippen LogP contribution in [0.5, 0.6) is 0 Å². The molecule has 0 saturated heterocycles. The zero-order valence-corrected chi connectivity index (χ0v) is 7.66. The van der Waals surface area contributed by atoms with Gasteiger partial charge < -0.3 is 0 Å². The molecule has 0 bridgehead atoms. The molecular formula is C9H7ClF2O. The van der Waals surface area contributed by atoms with E-state index >= 15 is 0 Å². The normalized spacial score (nSPS) is 10.2. The van der Waals surface area contributed by atoms with E-state index < -0.39 is 18.3 Å². The number of rotatable bonds is 2. The van der Waals surface area contributed by atoms with Gasteiger partial charge in [-0.25, -0.2) is 8.78 Å².